The van der Waals surface area contributed by atoms with Gasteiger partial charge in [0.1, 0.15) is 6.07 Å². The van der Waals surface area contributed by atoms with E-state index >= 15 is 0 Å². The third-order valence-electron chi connectivity index (χ3n) is 3.65. The van der Waals surface area contributed by atoms with Gasteiger partial charge in [-0.15, -0.1) is 0 Å². The molecule has 1 saturated heterocycles. The highest BCUT2D eigenvalue weighted by Gasteiger charge is 2.19. The molecule has 20 heavy (non-hydrogen) atoms. The molecule has 0 radical (unpaired) electrons. The van der Waals surface area contributed by atoms with Crippen molar-refractivity contribution >= 4 is 11.6 Å². The van der Waals surface area contributed by atoms with Crippen LogP contribution in [0.15, 0.2) is 24.3 Å². The molecule has 0 bridgehead atoms. The van der Waals surface area contributed by atoms with Crippen molar-refractivity contribution in [3.8, 4) is 6.07 Å². The zero-order chi connectivity index (χ0) is 14.4. The predicted molar refractivity (Wildman–Crippen MR) is 78.3 cm³/mol. The average Bonchev–Trinajstić information content (AvgIpc) is 2.53. The fourth-order valence-electron chi connectivity index (χ4n) is 2.33. The Kier molecular flexibility index (Phi) is 4.97. The molecule has 1 heterocycles. The van der Waals surface area contributed by atoms with Crippen LogP contribution in [0.2, 0.25) is 0 Å². The molecule has 1 aromatic rings. The lowest BCUT2D eigenvalue weighted by molar-refractivity contribution is -0.131. The highest BCUT2D eigenvalue weighted by molar-refractivity contribution is 5.81. The quantitative estimate of drug-likeness (QED) is 0.893. The van der Waals surface area contributed by atoms with Gasteiger partial charge in [0, 0.05) is 26.2 Å². The van der Waals surface area contributed by atoms with Gasteiger partial charge < -0.3 is 15.1 Å². The summed E-state index contributed by atoms with van der Waals surface area (Å²) in [5, 5.41) is 12.1. The van der Waals surface area contributed by atoms with Crippen LogP contribution in [-0.4, -0.2) is 55.0 Å². The number of carbonyl (C=O) groups excluding carboxylic acids is 1. The average molecular weight is 272 g/mol. The molecular formula is C15H20N4O. The highest BCUT2D eigenvalue weighted by atomic mass is 16.2. The van der Waals surface area contributed by atoms with Gasteiger partial charge in [0.2, 0.25) is 5.91 Å². The van der Waals surface area contributed by atoms with Crippen LogP contribution in [0, 0.1) is 11.3 Å². The van der Waals surface area contributed by atoms with E-state index in [2.05, 4.69) is 23.2 Å². The standard InChI is InChI=1S/C15H20N4O/c1-2-18-7-9-19(10-8-18)15(20)12-17-14-6-4-3-5-13(14)11-16/h3-6,17H,2,7-10,12H2,1H3. The number of rotatable bonds is 4. The smallest absolute Gasteiger partial charge is 0.241 e. The number of likely N-dealkylation sites (N-methyl/N-ethyl adjacent to an activating group) is 1. The van der Waals surface area contributed by atoms with Crippen LogP contribution in [0.1, 0.15) is 12.5 Å². The first kappa shape index (κ1) is 14.4. The summed E-state index contributed by atoms with van der Waals surface area (Å²) in [5.41, 5.74) is 1.28. The second-order valence-corrected chi connectivity index (χ2v) is 4.83. The van der Waals surface area contributed by atoms with E-state index < -0.39 is 0 Å². The summed E-state index contributed by atoms with van der Waals surface area (Å²) < 4.78 is 0. The number of piperazine rings is 1. The van der Waals surface area contributed by atoms with E-state index in [-0.39, 0.29) is 12.5 Å². The van der Waals surface area contributed by atoms with E-state index in [0.717, 1.165) is 38.4 Å². The Morgan fingerprint density at radius 3 is 2.65 bits per heavy atom. The lowest BCUT2D eigenvalue weighted by Gasteiger charge is -2.34. The van der Waals surface area contributed by atoms with Gasteiger partial charge in [0.25, 0.3) is 0 Å². The second kappa shape index (κ2) is 6.92. The highest BCUT2D eigenvalue weighted by Crippen LogP contribution is 2.13. The molecule has 1 N–H and O–H groups in total. The Bertz CT molecular complexity index is 501. The van der Waals surface area contributed by atoms with Crippen LogP contribution in [0.4, 0.5) is 5.69 Å². The SMILES string of the molecule is CCN1CCN(C(=O)CNc2ccccc2C#N)CC1. The number of nitrogens with zero attached hydrogens (tertiary/aromatic N) is 3. The van der Waals surface area contributed by atoms with Gasteiger partial charge in [-0.05, 0) is 18.7 Å². The Morgan fingerprint density at radius 1 is 1.30 bits per heavy atom. The molecule has 1 amide bonds. The summed E-state index contributed by atoms with van der Waals surface area (Å²) in [4.78, 5) is 16.3. The van der Waals surface area contributed by atoms with Gasteiger partial charge in [0.15, 0.2) is 0 Å². The molecule has 5 nitrogen and oxygen atoms in total. The summed E-state index contributed by atoms with van der Waals surface area (Å²) in [6.45, 7) is 6.87. The number of hydrogen-bond acceptors (Lipinski definition) is 4. The van der Waals surface area contributed by atoms with Gasteiger partial charge in [-0.2, -0.15) is 5.26 Å². The summed E-state index contributed by atoms with van der Waals surface area (Å²) in [7, 11) is 0. The topological polar surface area (TPSA) is 59.4 Å². The van der Waals surface area contributed by atoms with E-state index in [1.807, 2.05) is 23.1 Å². The normalized spacial score (nSPS) is 15.7. The Hall–Kier alpha value is -2.06. The number of nitrogens with one attached hydrogen (secondary N) is 1. The maximum absolute atomic E-state index is 12.1. The second-order valence-electron chi connectivity index (χ2n) is 4.83. The number of hydrogen-bond donors (Lipinski definition) is 1. The Morgan fingerprint density at radius 2 is 2.00 bits per heavy atom. The first-order valence-corrected chi connectivity index (χ1v) is 6.97. The van der Waals surface area contributed by atoms with E-state index in [1.165, 1.54) is 0 Å². The fourth-order valence-corrected chi connectivity index (χ4v) is 2.33. The largest absolute Gasteiger partial charge is 0.375 e. The maximum atomic E-state index is 12.1. The van der Waals surface area contributed by atoms with Gasteiger partial charge in [-0.25, -0.2) is 0 Å². The zero-order valence-electron chi connectivity index (χ0n) is 11.8. The number of anilines is 1. The van der Waals surface area contributed by atoms with Crippen molar-refractivity contribution < 1.29 is 4.79 Å². The molecule has 106 valence electrons. The molecule has 1 fully saturated rings. The summed E-state index contributed by atoms with van der Waals surface area (Å²) in [6.07, 6.45) is 0. The predicted octanol–water partition coefficient (Wildman–Crippen LogP) is 1.13. The number of amides is 1. The molecule has 0 aromatic heterocycles. The zero-order valence-corrected chi connectivity index (χ0v) is 11.8. The van der Waals surface area contributed by atoms with Crippen molar-refractivity contribution in [1.82, 2.24) is 9.80 Å². The lowest BCUT2D eigenvalue weighted by atomic mass is 10.2. The minimum Gasteiger partial charge on any atom is -0.375 e. The monoisotopic (exact) mass is 272 g/mol. The molecule has 0 saturated carbocycles. The van der Waals surface area contributed by atoms with E-state index in [1.54, 1.807) is 6.07 Å². The van der Waals surface area contributed by atoms with E-state index in [4.69, 9.17) is 5.26 Å². The van der Waals surface area contributed by atoms with Gasteiger partial charge >= 0.3 is 0 Å². The van der Waals surface area contributed by atoms with Crippen molar-refractivity contribution in [2.24, 2.45) is 0 Å². The van der Waals surface area contributed by atoms with Gasteiger partial charge in [0.05, 0.1) is 17.8 Å². The molecule has 5 heteroatoms. The van der Waals surface area contributed by atoms with Crippen LogP contribution in [0.3, 0.4) is 0 Å². The summed E-state index contributed by atoms with van der Waals surface area (Å²) >= 11 is 0. The van der Waals surface area contributed by atoms with Crippen molar-refractivity contribution in [3.05, 3.63) is 29.8 Å². The van der Waals surface area contributed by atoms with Crippen LogP contribution >= 0.6 is 0 Å². The number of nitriles is 1. The fraction of sp³-hybridized carbons (Fsp3) is 0.467. The lowest BCUT2D eigenvalue weighted by Crippen LogP contribution is -2.49. The molecule has 2 rings (SSSR count). The van der Waals surface area contributed by atoms with Crippen molar-refractivity contribution in [2.75, 3.05) is 44.6 Å². The molecule has 0 spiro atoms. The summed E-state index contributed by atoms with van der Waals surface area (Å²) in [5.74, 6) is 0.0912. The number of benzene rings is 1. The third-order valence-corrected chi connectivity index (χ3v) is 3.65. The van der Waals surface area contributed by atoms with Crippen LogP contribution in [0.25, 0.3) is 0 Å². The molecule has 1 aliphatic rings. The first-order valence-electron chi connectivity index (χ1n) is 6.97. The van der Waals surface area contributed by atoms with Crippen molar-refractivity contribution in [1.29, 1.82) is 5.26 Å². The van der Waals surface area contributed by atoms with Gasteiger partial charge in [-0.3, -0.25) is 4.79 Å². The van der Waals surface area contributed by atoms with E-state index in [0.29, 0.717) is 5.56 Å². The molecule has 0 atom stereocenters. The van der Waals surface area contributed by atoms with Gasteiger partial charge in [-0.1, -0.05) is 19.1 Å². The minimum atomic E-state index is 0.0912. The van der Waals surface area contributed by atoms with E-state index in [9.17, 15) is 4.79 Å². The third kappa shape index (κ3) is 3.49. The Balaban J connectivity index is 1.85. The number of para-hydroxylation sites is 1. The molecule has 1 aliphatic heterocycles. The van der Waals surface area contributed by atoms with Crippen molar-refractivity contribution in [2.45, 2.75) is 6.92 Å². The molecule has 0 aliphatic carbocycles. The summed E-state index contributed by atoms with van der Waals surface area (Å²) in [6, 6.07) is 9.35. The van der Waals surface area contributed by atoms with Crippen LogP contribution < -0.4 is 5.32 Å². The molecule has 1 aromatic carbocycles. The van der Waals surface area contributed by atoms with Crippen LogP contribution in [0.5, 0.6) is 0 Å². The van der Waals surface area contributed by atoms with Crippen molar-refractivity contribution in [3.63, 3.8) is 0 Å². The molecular weight excluding hydrogens is 252 g/mol. The number of carbonyl (C=O) groups is 1. The maximum Gasteiger partial charge on any atom is 0.241 e. The Labute approximate surface area is 119 Å². The minimum absolute atomic E-state index is 0.0912. The first-order chi connectivity index (χ1) is 9.74. The van der Waals surface area contributed by atoms with Crippen LogP contribution in [-0.2, 0) is 4.79 Å². The molecule has 0 unspecified atom stereocenters.